The van der Waals surface area contributed by atoms with Crippen LogP contribution in [0.2, 0.25) is 0 Å². The van der Waals surface area contributed by atoms with Gasteiger partial charge >= 0.3 is 5.97 Å². The average molecular weight is 366 g/mol. The van der Waals surface area contributed by atoms with E-state index in [0.717, 1.165) is 5.56 Å². The Morgan fingerprint density at radius 3 is 2.41 bits per heavy atom. The average Bonchev–Trinajstić information content (AvgIpc) is 3.04. The lowest BCUT2D eigenvalue weighted by Crippen LogP contribution is -2.28. The Morgan fingerprint density at radius 1 is 1.11 bits per heavy atom. The molecule has 3 rings (SSSR count). The number of nitrogens with zero attached hydrogens (tertiary/aromatic N) is 1. The molecule has 1 aliphatic rings. The predicted octanol–water partition coefficient (Wildman–Crippen LogP) is 2.77. The van der Waals surface area contributed by atoms with E-state index in [9.17, 15) is 14.4 Å². The molecule has 1 N–H and O–H groups in total. The zero-order chi connectivity index (χ0) is 19.4. The van der Waals surface area contributed by atoms with Crippen LogP contribution in [0.15, 0.2) is 48.5 Å². The van der Waals surface area contributed by atoms with E-state index in [2.05, 4.69) is 10.1 Å². The number of likely N-dealkylation sites (tertiary alicyclic amines) is 1. The summed E-state index contributed by atoms with van der Waals surface area (Å²) in [6.07, 6.45) is 0.206. The van der Waals surface area contributed by atoms with Crippen molar-refractivity contribution in [1.82, 2.24) is 4.90 Å². The maximum absolute atomic E-state index is 12.5. The number of hydrogen-bond donors (Lipinski definition) is 1. The summed E-state index contributed by atoms with van der Waals surface area (Å²) in [5, 5.41) is 2.81. The second-order valence-electron chi connectivity index (χ2n) is 6.72. The normalized spacial score (nSPS) is 16.3. The third-order valence-corrected chi connectivity index (χ3v) is 4.65. The number of hydrogen-bond acceptors (Lipinski definition) is 4. The number of amides is 2. The van der Waals surface area contributed by atoms with E-state index < -0.39 is 5.97 Å². The molecule has 1 saturated heterocycles. The van der Waals surface area contributed by atoms with E-state index in [1.165, 1.54) is 12.7 Å². The van der Waals surface area contributed by atoms with Crippen molar-refractivity contribution in [2.24, 2.45) is 5.92 Å². The van der Waals surface area contributed by atoms with E-state index in [0.29, 0.717) is 24.3 Å². The maximum atomic E-state index is 12.5. The summed E-state index contributed by atoms with van der Waals surface area (Å²) < 4.78 is 4.65. The van der Waals surface area contributed by atoms with Crippen LogP contribution in [-0.4, -0.2) is 36.3 Å². The Morgan fingerprint density at radius 2 is 1.78 bits per heavy atom. The molecule has 0 saturated carbocycles. The fourth-order valence-electron chi connectivity index (χ4n) is 3.07. The Bertz CT molecular complexity index is 843. The van der Waals surface area contributed by atoms with Gasteiger partial charge in [0, 0.05) is 25.2 Å². The minimum Gasteiger partial charge on any atom is -0.465 e. The number of carbonyl (C=O) groups is 3. The topological polar surface area (TPSA) is 75.7 Å². The summed E-state index contributed by atoms with van der Waals surface area (Å²) in [6, 6.07) is 14.5. The first-order valence-electron chi connectivity index (χ1n) is 8.79. The summed E-state index contributed by atoms with van der Waals surface area (Å²) in [4.78, 5) is 37.9. The molecule has 1 atom stereocenters. The van der Waals surface area contributed by atoms with Gasteiger partial charge in [0.15, 0.2) is 0 Å². The van der Waals surface area contributed by atoms with E-state index in [1.807, 2.05) is 31.2 Å². The quantitative estimate of drug-likeness (QED) is 0.826. The summed E-state index contributed by atoms with van der Waals surface area (Å²) in [5.74, 6) is -1.03. The summed E-state index contributed by atoms with van der Waals surface area (Å²) >= 11 is 0. The van der Waals surface area contributed by atoms with Gasteiger partial charge in [0.05, 0.1) is 18.6 Å². The first kappa shape index (κ1) is 18.6. The number of carbonyl (C=O) groups excluding carboxylic acids is 3. The minimum absolute atomic E-state index is 0.0169. The third kappa shape index (κ3) is 4.53. The van der Waals surface area contributed by atoms with Crippen LogP contribution in [-0.2, 0) is 20.9 Å². The van der Waals surface area contributed by atoms with E-state index in [4.69, 9.17) is 0 Å². The molecule has 0 spiro atoms. The van der Waals surface area contributed by atoms with Crippen molar-refractivity contribution in [3.05, 3.63) is 65.2 Å². The number of aryl methyl sites for hydroxylation is 1. The number of rotatable bonds is 5. The molecule has 0 bridgehead atoms. The molecule has 0 aliphatic carbocycles. The van der Waals surface area contributed by atoms with Crippen molar-refractivity contribution in [3.8, 4) is 0 Å². The molecular weight excluding hydrogens is 344 g/mol. The fourth-order valence-corrected chi connectivity index (χ4v) is 3.07. The van der Waals surface area contributed by atoms with Crippen LogP contribution in [0.3, 0.4) is 0 Å². The van der Waals surface area contributed by atoms with E-state index in [-0.39, 0.29) is 24.2 Å². The standard InChI is InChI=1S/C21H22N2O4/c1-14-3-5-15(6-4-14)12-23-13-17(11-19(23)24)20(25)22-18-9-7-16(8-10-18)21(26)27-2/h3-10,17H,11-13H2,1-2H3,(H,22,25)/t17-/m0/s1. The Hall–Kier alpha value is -3.15. The van der Waals surface area contributed by atoms with Gasteiger partial charge < -0.3 is 15.0 Å². The Labute approximate surface area is 158 Å². The van der Waals surface area contributed by atoms with Gasteiger partial charge in [0.25, 0.3) is 0 Å². The third-order valence-electron chi connectivity index (χ3n) is 4.65. The van der Waals surface area contributed by atoms with Gasteiger partial charge in [-0.25, -0.2) is 4.79 Å². The van der Waals surface area contributed by atoms with Crippen molar-refractivity contribution >= 4 is 23.5 Å². The second-order valence-corrected chi connectivity index (χ2v) is 6.72. The van der Waals surface area contributed by atoms with Gasteiger partial charge in [0.1, 0.15) is 0 Å². The van der Waals surface area contributed by atoms with Gasteiger partial charge in [-0.05, 0) is 36.8 Å². The lowest BCUT2D eigenvalue weighted by Gasteiger charge is -2.17. The van der Waals surface area contributed by atoms with Crippen LogP contribution in [0.1, 0.15) is 27.9 Å². The molecule has 1 heterocycles. The summed E-state index contributed by atoms with van der Waals surface area (Å²) in [7, 11) is 1.32. The minimum atomic E-state index is -0.430. The Kier molecular flexibility index (Phi) is 5.54. The summed E-state index contributed by atoms with van der Waals surface area (Å²) in [6.45, 7) is 2.93. The largest absolute Gasteiger partial charge is 0.465 e. The fraction of sp³-hybridized carbons (Fsp3) is 0.286. The van der Waals surface area contributed by atoms with Gasteiger partial charge in [-0.3, -0.25) is 9.59 Å². The SMILES string of the molecule is COC(=O)c1ccc(NC(=O)[C@H]2CC(=O)N(Cc3ccc(C)cc3)C2)cc1. The number of nitrogens with one attached hydrogen (secondary N) is 1. The molecule has 27 heavy (non-hydrogen) atoms. The number of benzene rings is 2. The molecule has 1 aliphatic heterocycles. The van der Waals surface area contributed by atoms with Crippen LogP contribution in [0.25, 0.3) is 0 Å². The number of methoxy groups -OCH3 is 1. The molecule has 140 valence electrons. The molecule has 0 aromatic heterocycles. The maximum Gasteiger partial charge on any atom is 0.337 e. The molecular formula is C21H22N2O4. The van der Waals surface area contributed by atoms with Gasteiger partial charge in [-0.15, -0.1) is 0 Å². The lowest BCUT2D eigenvalue weighted by atomic mass is 10.1. The molecule has 0 radical (unpaired) electrons. The smallest absolute Gasteiger partial charge is 0.337 e. The number of ether oxygens (including phenoxy) is 1. The van der Waals surface area contributed by atoms with E-state index >= 15 is 0 Å². The first-order valence-corrected chi connectivity index (χ1v) is 8.79. The van der Waals surface area contributed by atoms with Gasteiger partial charge in [-0.2, -0.15) is 0 Å². The van der Waals surface area contributed by atoms with Crippen LogP contribution in [0.4, 0.5) is 5.69 Å². The highest BCUT2D eigenvalue weighted by Gasteiger charge is 2.34. The van der Waals surface area contributed by atoms with Crippen molar-refractivity contribution < 1.29 is 19.1 Å². The van der Waals surface area contributed by atoms with Crippen LogP contribution in [0.5, 0.6) is 0 Å². The highest BCUT2D eigenvalue weighted by atomic mass is 16.5. The molecule has 2 aromatic rings. The molecule has 6 nitrogen and oxygen atoms in total. The van der Waals surface area contributed by atoms with Gasteiger partial charge in [0.2, 0.25) is 11.8 Å². The van der Waals surface area contributed by atoms with Crippen molar-refractivity contribution in [1.29, 1.82) is 0 Å². The first-order chi connectivity index (χ1) is 13.0. The molecule has 6 heteroatoms. The lowest BCUT2D eigenvalue weighted by molar-refractivity contribution is -0.128. The van der Waals surface area contributed by atoms with Crippen LogP contribution < -0.4 is 5.32 Å². The molecule has 2 amide bonds. The van der Waals surface area contributed by atoms with Gasteiger partial charge in [-0.1, -0.05) is 29.8 Å². The van der Waals surface area contributed by atoms with E-state index in [1.54, 1.807) is 29.2 Å². The van der Waals surface area contributed by atoms with Crippen LogP contribution >= 0.6 is 0 Å². The number of anilines is 1. The predicted molar refractivity (Wildman–Crippen MR) is 101 cm³/mol. The highest BCUT2D eigenvalue weighted by molar-refractivity contribution is 5.97. The summed E-state index contributed by atoms with van der Waals surface area (Å²) in [5.41, 5.74) is 3.21. The number of esters is 1. The zero-order valence-electron chi connectivity index (χ0n) is 15.4. The second kappa shape index (κ2) is 8.03. The zero-order valence-corrected chi connectivity index (χ0v) is 15.4. The van der Waals surface area contributed by atoms with Crippen molar-refractivity contribution in [2.45, 2.75) is 19.9 Å². The molecule has 1 fully saturated rings. The molecule has 0 unspecified atom stereocenters. The highest BCUT2D eigenvalue weighted by Crippen LogP contribution is 2.22. The molecule has 2 aromatic carbocycles. The van der Waals surface area contributed by atoms with Crippen LogP contribution in [0, 0.1) is 12.8 Å². The van der Waals surface area contributed by atoms with Crippen molar-refractivity contribution in [2.75, 3.05) is 19.0 Å². The monoisotopic (exact) mass is 366 g/mol. The Balaban J connectivity index is 1.58. The van der Waals surface area contributed by atoms with Crippen molar-refractivity contribution in [3.63, 3.8) is 0 Å².